The van der Waals surface area contributed by atoms with Crippen molar-refractivity contribution in [3.8, 4) is 0 Å². The van der Waals surface area contributed by atoms with Gasteiger partial charge in [-0.3, -0.25) is 0 Å². The summed E-state index contributed by atoms with van der Waals surface area (Å²) in [6.45, 7) is 10.3. The Balaban J connectivity index is 1.98. The third kappa shape index (κ3) is 4.83. The van der Waals surface area contributed by atoms with Crippen molar-refractivity contribution in [3.05, 3.63) is 45.9 Å². The number of anilines is 1. The molecule has 3 nitrogen and oxygen atoms in total. The molecule has 1 heterocycles. The highest BCUT2D eigenvalue weighted by Crippen LogP contribution is 2.20. The zero-order valence-corrected chi connectivity index (χ0v) is 14.4. The molecule has 0 saturated carbocycles. The second-order valence-corrected chi connectivity index (χ2v) is 7.42. The maximum Gasteiger partial charge on any atom is 0.107 e. The van der Waals surface area contributed by atoms with Crippen molar-refractivity contribution in [1.29, 1.82) is 0 Å². The van der Waals surface area contributed by atoms with Crippen LogP contribution in [-0.2, 0) is 13.1 Å². The lowest BCUT2D eigenvalue weighted by atomic mass is 10.1. The van der Waals surface area contributed by atoms with Crippen molar-refractivity contribution in [2.45, 2.75) is 46.3 Å². The van der Waals surface area contributed by atoms with Gasteiger partial charge in [-0.2, -0.15) is 0 Å². The Morgan fingerprint density at radius 1 is 1.24 bits per heavy atom. The van der Waals surface area contributed by atoms with E-state index in [9.17, 15) is 0 Å². The van der Waals surface area contributed by atoms with Gasteiger partial charge in [0.15, 0.2) is 0 Å². The maximum absolute atomic E-state index is 4.72. The Morgan fingerprint density at radius 2 is 1.95 bits per heavy atom. The predicted octanol–water partition coefficient (Wildman–Crippen LogP) is 3.98. The molecule has 0 aliphatic carbocycles. The summed E-state index contributed by atoms with van der Waals surface area (Å²) in [5, 5.41) is 6.79. The molecule has 114 valence electrons. The number of hydrogen-bond acceptors (Lipinski definition) is 4. The summed E-state index contributed by atoms with van der Waals surface area (Å²) in [5.41, 5.74) is 3.82. The van der Waals surface area contributed by atoms with Gasteiger partial charge in [0.1, 0.15) is 5.01 Å². The second kappa shape index (κ2) is 6.58. The smallest absolute Gasteiger partial charge is 0.107 e. The highest BCUT2D eigenvalue weighted by Gasteiger charge is 2.11. The number of benzene rings is 1. The molecule has 1 N–H and O–H groups in total. The summed E-state index contributed by atoms with van der Waals surface area (Å²) in [7, 11) is 2.12. The number of hydrogen-bond donors (Lipinski definition) is 1. The van der Waals surface area contributed by atoms with Gasteiger partial charge in [0.25, 0.3) is 0 Å². The highest BCUT2D eigenvalue weighted by molar-refractivity contribution is 7.09. The van der Waals surface area contributed by atoms with E-state index in [4.69, 9.17) is 4.98 Å². The molecule has 4 heteroatoms. The standard InChI is InChI=1S/C17H25N3S/c1-13-8-6-7-9-15(13)20(5)11-14-12-21-16(19-14)10-18-17(2,3)4/h6-9,12,18H,10-11H2,1-5H3. The van der Waals surface area contributed by atoms with E-state index in [1.54, 1.807) is 11.3 Å². The van der Waals surface area contributed by atoms with E-state index in [-0.39, 0.29) is 5.54 Å². The molecule has 0 fully saturated rings. The van der Waals surface area contributed by atoms with Crippen molar-refractivity contribution in [2.24, 2.45) is 0 Å². The van der Waals surface area contributed by atoms with E-state index in [1.165, 1.54) is 11.3 Å². The van der Waals surface area contributed by atoms with Gasteiger partial charge in [0.05, 0.1) is 12.2 Å². The summed E-state index contributed by atoms with van der Waals surface area (Å²) in [6.07, 6.45) is 0. The van der Waals surface area contributed by atoms with Crippen molar-refractivity contribution in [2.75, 3.05) is 11.9 Å². The van der Waals surface area contributed by atoms with Gasteiger partial charge in [-0.05, 0) is 39.3 Å². The van der Waals surface area contributed by atoms with Crippen LogP contribution >= 0.6 is 11.3 Å². The first-order valence-corrected chi connectivity index (χ1v) is 8.18. The van der Waals surface area contributed by atoms with Crippen molar-refractivity contribution < 1.29 is 0 Å². The average molecular weight is 303 g/mol. The summed E-state index contributed by atoms with van der Waals surface area (Å²) < 4.78 is 0. The fourth-order valence-corrected chi connectivity index (χ4v) is 2.89. The molecule has 1 aromatic heterocycles. The van der Waals surface area contributed by atoms with Crippen molar-refractivity contribution in [1.82, 2.24) is 10.3 Å². The molecule has 2 aromatic rings. The average Bonchev–Trinajstić information content (AvgIpc) is 2.83. The third-order valence-electron chi connectivity index (χ3n) is 3.30. The van der Waals surface area contributed by atoms with E-state index in [2.05, 4.69) is 74.6 Å². The minimum Gasteiger partial charge on any atom is -0.368 e. The van der Waals surface area contributed by atoms with Crippen molar-refractivity contribution >= 4 is 17.0 Å². The minimum atomic E-state index is 0.129. The quantitative estimate of drug-likeness (QED) is 0.905. The van der Waals surface area contributed by atoms with E-state index in [0.717, 1.165) is 23.8 Å². The van der Waals surface area contributed by atoms with E-state index >= 15 is 0 Å². The first-order valence-electron chi connectivity index (χ1n) is 7.30. The molecule has 2 rings (SSSR count). The van der Waals surface area contributed by atoms with Gasteiger partial charge in [-0.1, -0.05) is 18.2 Å². The predicted molar refractivity (Wildman–Crippen MR) is 92.0 cm³/mol. The molecule has 1 aromatic carbocycles. The van der Waals surface area contributed by atoms with Crippen LogP contribution in [0.2, 0.25) is 0 Å². The monoisotopic (exact) mass is 303 g/mol. The first-order chi connectivity index (χ1) is 9.85. The van der Waals surface area contributed by atoms with Gasteiger partial charge >= 0.3 is 0 Å². The van der Waals surface area contributed by atoms with Crippen LogP contribution < -0.4 is 10.2 Å². The zero-order chi connectivity index (χ0) is 15.5. The Hall–Kier alpha value is -1.39. The molecule has 0 aliphatic rings. The molecule has 0 spiro atoms. The Kier molecular flexibility index (Phi) is 5.01. The van der Waals surface area contributed by atoms with Crippen LogP contribution in [0.25, 0.3) is 0 Å². The van der Waals surface area contributed by atoms with Gasteiger partial charge in [-0.25, -0.2) is 4.98 Å². The van der Waals surface area contributed by atoms with Gasteiger partial charge < -0.3 is 10.2 Å². The van der Waals surface area contributed by atoms with Crippen LogP contribution in [0.15, 0.2) is 29.6 Å². The summed E-state index contributed by atoms with van der Waals surface area (Å²) in [5.74, 6) is 0. The lowest BCUT2D eigenvalue weighted by Crippen LogP contribution is -2.35. The summed E-state index contributed by atoms with van der Waals surface area (Å²) in [4.78, 5) is 6.98. The Morgan fingerprint density at radius 3 is 2.62 bits per heavy atom. The number of rotatable bonds is 5. The Bertz CT molecular complexity index is 584. The maximum atomic E-state index is 4.72. The fourth-order valence-electron chi connectivity index (χ4n) is 2.16. The lowest BCUT2D eigenvalue weighted by Gasteiger charge is -2.20. The van der Waals surface area contributed by atoms with Gasteiger partial charge in [-0.15, -0.1) is 11.3 Å². The molecular weight excluding hydrogens is 278 g/mol. The third-order valence-corrected chi connectivity index (χ3v) is 4.19. The van der Waals surface area contributed by atoms with Crippen LogP contribution in [0, 0.1) is 6.92 Å². The molecule has 0 bridgehead atoms. The normalized spacial score (nSPS) is 11.7. The van der Waals surface area contributed by atoms with Crippen LogP contribution in [0.1, 0.15) is 37.0 Å². The Labute approximate surface area is 132 Å². The lowest BCUT2D eigenvalue weighted by molar-refractivity contribution is 0.423. The summed E-state index contributed by atoms with van der Waals surface area (Å²) in [6, 6.07) is 8.46. The largest absolute Gasteiger partial charge is 0.368 e. The number of aryl methyl sites for hydroxylation is 1. The number of nitrogens with one attached hydrogen (secondary N) is 1. The van der Waals surface area contributed by atoms with E-state index in [1.807, 2.05) is 0 Å². The molecule has 0 radical (unpaired) electrons. The van der Waals surface area contributed by atoms with Crippen LogP contribution in [0.5, 0.6) is 0 Å². The number of nitrogens with zero attached hydrogens (tertiary/aromatic N) is 2. The SMILES string of the molecule is Cc1ccccc1N(C)Cc1csc(CNC(C)(C)C)n1. The zero-order valence-electron chi connectivity index (χ0n) is 13.6. The highest BCUT2D eigenvalue weighted by atomic mass is 32.1. The molecular formula is C17H25N3S. The van der Waals surface area contributed by atoms with Crippen LogP contribution in [0.3, 0.4) is 0 Å². The molecule has 21 heavy (non-hydrogen) atoms. The minimum absolute atomic E-state index is 0.129. The van der Waals surface area contributed by atoms with Crippen LogP contribution in [-0.4, -0.2) is 17.6 Å². The molecule has 0 amide bonds. The molecule has 0 saturated heterocycles. The number of para-hydroxylation sites is 1. The van der Waals surface area contributed by atoms with Crippen LogP contribution in [0.4, 0.5) is 5.69 Å². The summed E-state index contributed by atoms with van der Waals surface area (Å²) >= 11 is 1.73. The van der Waals surface area contributed by atoms with Gasteiger partial charge in [0.2, 0.25) is 0 Å². The second-order valence-electron chi connectivity index (χ2n) is 6.48. The van der Waals surface area contributed by atoms with Crippen molar-refractivity contribution in [3.63, 3.8) is 0 Å². The fraction of sp³-hybridized carbons (Fsp3) is 0.471. The van der Waals surface area contributed by atoms with E-state index < -0.39 is 0 Å². The molecule has 0 unspecified atom stereocenters. The first kappa shape index (κ1) is 16.0. The topological polar surface area (TPSA) is 28.2 Å². The van der Waals surface area contributed by atoms with Gasteiger partial charge in [0, 0.05) is 30.2 Å². The number of aromatic nitrogens is 1. The molecule has 0 atom stereocenters. The van der Waals surface area contributed by atoms with E-state index in [0.29, 0.717) is 0 Å². The number of thiazole rings is 1. The molecule has 0 aliphatic heterocycles.